The highest BCUT2D eigenvalue weighted by molar-refractivity contribution is 7.89. The van der Waals surface area contributed by atoms with Crippen LogP contribution in [0.15, 0.2) is 59.6 Å². The number of benzene rings is 1. The van der Waals surface area contributed by atoms with Gasteiger partial charge in [0.25, 0.3) is 0 Å². The summed E-state index contributed by atoms with van der Waals surface area (Å²) in [4.78, 5) is 9.20. The van der Waals surface area contributed by atoms with E-state index in [1.807, 2.05) is 24.3 Å². The molecular formula is C22H27N5O2S. The zero-order valence-corrected chi connectivity index (χ0v) is 17.8. The third kappa shape index (κ3) is 4.45. The van der Waals surface area contributed by atoms with Crippen LogP contribution in [0.25, 0.3) is 11.0 Å². The first kappa shape index (κ1) is 20.7. The zero-order valence-electron chi connectivity index (χ0n) is 17.0. The first-order chi connectivity index (χ1) is 14.4. The van der Waals surface area contributed by atoms with E-state index in [-0.39, 0.29) is 10.9 Å². The molecule has 4 rings (SSSR count). The van der Waals surface area contributed by atoms with Gasteiger partial charge in [0.2, 0.25) is 10.0 Å². The molecule has 0 saturated heterocycles. The van der Waals surface area contributed by atoms with Crippen molar-refractivity contribution in [3.63, 3.8) is 0 Å². The molecule has 1 aromatic carbocycles. The van der Waals surface area contributed by atoms with Crippen molar-refractivity contribution in [1.82, 2.24) is 19.6 Å². The molecule has 3 N–H and O–H groups in total. The standard InChI is InChI=1S/C22H27N5O2S/c1-27(30(28,29)21-12-5-17(23)6-13-21)20-10-8-18(9-11-20)25-15-19-7-4-16-3-2-14-24-22(16)26-19/h2-7,12-14,18,20,25H,8-11,15,23H2,1H3. The lowest BCUT2D eigenvalue weighted by atomic mass is 9.91. The summed E-state index contributed by atoms with van der Waals surface area (Å²) in [6.45, 7) is 0.682. The van der Waals surface area contributed by atoms with Crippen LogP contribution in [0.1, 0.15) is 31.4 Å². The fourth-order valence-electron chi connectivity index (χ4n) is 3.99. The Balaban J connectivity index is 1.32. The van der Waals surface area contributed by atoms with E-state index in [1.165, 1.54) is 4.31 Å². The predicted molar refractivity (Wildman–Crippen MR) is 118 cm³/mol. The Hall–Kier alpha value is -2.55. The maximum Gasteiger partial charge on any atom is 0.243 e. The molecule has 158 valence electrons. The van der Waals surface area contributed by atoms with Crippen LogP contribution in [0.4, 0.5) is 5.69 Å². The highest BCUT2D eigenvalue weighted by Gasteiger charge is 2.31. The number of nitrogens with zero attached hydrogens (tertiary/aromatic N) is 3. The van der Waals surface area contributed by atoms with E-state index in [0.29, 0.717) is 18.3 Å². The lowest BCUT2D eigenvalue weighted by molar-refractivity contribution is 0.248. The van der Waals surface area contributed by atoms with Crippen LogP contribution in [-0.2, 0) is 16.6 Å². The number of aromatic nitrogens is 2. The van der Waals surface area contributed by atoms with Gasteiger partial charge < -0.3 is 11.1 Å². The lowest BCUT2D eigenvalue weighted by Crippen LogP contribution is -2.43. The first-order valence-electron chi connectivity index (χ1n) is 10.2. The summed E-state index contributed by atoms with van der Waals surface area (Å²) < 4.78 is 27.3. The minimum atomic E-state index is -3.51. The number of nitrogens with one attached hydrogen (secondary N) is 1. The van der Waals surface area contributed by atoms with Gasteiger partial charge in [0, 0.05) is 42.9 Å². The summed E-state index contributed by atoms with van der Waals surface area (Å²) in [6.07, 6.45) is 5.27. The van der Waals surface area contributed by atoms with Crippen molar-refractivity contribution in [1.29, 1.82) is 0 Å². The largest absolute Gasteiger partial charge is 0.399 e. The van der Waals surface area contributed by atoms with Gasteiger partial charge in [0.05, 0.1) is 10.6 Å². The molecular weight excluding hydrogens is 398 g/mol. The molecule has 0 aliphatic heterocycles. The molecule has 1 aliphatic rings. The Bertz CT molecular complexity index is 1110. The number of fused-ring (bicyclic) bond motifs is 1. The monoisotopic (exact) mass is 425 g/mol. The molecule has 0 unspecified atom stereocenters. The SMILES string of the molecule is CN(C1CCC(NCc2ccc3cccnc3n2)CC1)S(=O)(=O)c1ccc(N)cc1. The number of rotatable bonds is 6. The molecule has 7 nitrogen and oxygen atoms in total. The van der Waals surface area contributed by atoms with Crippen LogP contribution in [0.3, 0.4) is 0 Å². The van der Waals surface area contributed by atoms with E-state index in [0.717, 1.165) is 42.4 Å². The quantitative estimate of drug-likeness (QED) is 0.589. The van der Waals surface area contributed by atoms with Crippen LogP contribution in [0, 0.1) is 0 Å². The average Bonchev–Trinajstić information content (AvgIpc) is 2.77. The Morgan fingerprint density at radius 2 is 1.80 bits per heavy atom. The van der Waals surface area contributed by atoms with Gasteiger partial charge in [-0.25, -0.2) is 18.4 Å². The maximum atomic E-state index is 12.9. The van der Waals surface area contributed by atoms with Gasteiger partial charge in [-0.15, -0.1) is 0 Å². The molecule has 0 atom stereocenters. The van der Waals surface area contributed by atoms with Crippen LogP contribution in [-0.4, -0.2) is 41.8 Å². The van der Waals surface area contributed by atoms with E-state index in [9.17, 15) is 8.42 Å². The van der Waals surface area contributed by atoms with Crippen molar-refractivity contribution in [2.75, 3.05) is 12.8 Å². The molecule has 30 heavy (non-hydrogen) atoms. The summed E-state index contributed by atoms with van der Waals surface area (Å²) in [5, 5.41) is 4.60. The minimum Gasteiger partial charge on any atom is -0.399 e. The van der Waals surface area contributed by atoms with Gasteiger partial charge in [-0.3, -0.25) is 0 Å². The fourth-order valence-corrected chi connectivity index (χ4v) is 5.40. The van der Waals surface area contributed by atoms with Crippen molar-refractivity contribution < 1.29 is 8.42 Å². The van der Waals surface area contributed by atoms with Crippen molar-refractivity contribution in [3.8, 4) is 0 Å². The summed E-state index contributed by atoms with van der Waals surface area (Å²) in [6, 6.07) is 14.7. The van der Waals surface area contributed by atoms with Crippen LogP contribution in [0.2, 0.25) is 0 Å². The van der Waals surface area contributed by atoms with Crippen molar-refractivity contribution in [2.24, 2.45) is 0 Å². The molecule has 0 radical (unpaired) electrons. The summed E-state index contributed by atoms with van der Waals surface area (Å²) in [5.74, 6) is 0. The Kier molecular flexibility index (Phi) is 5.99. The molecule has 3 aromatic rings. The maximum absolute atomic E-state index is 12.9. The molecule has 0 amide bonds. The normalized spacial score (nSPS) is 19.9. The summed E-state index contributed by atoms with van der Waals surface area (Å²) in [5.41, 5.74) is 7.96. The minimum absolute atomic E-state index is 0.00796. The van der Waals surface area contributed by atoms with Gasteiger partial charge in [0.1, 0.15) is 0 Å². The van der Waals surface area contributed by atoms with Crippen LogP contribution < -0.4 is 11.1 Å². The molecule has 1 saturated carbocycles. The predicted octanol–water partition coefficient (Wildman–Crippen LogP) is 2.93. The van der Waals surface area contributed by atoms with E-state index >= 15 is 0 Å². The molecule has 1 fully saturated rings. The Labute approximate surface area is 177 Å². The first-order valence-corrected chi connectivity index (χ1v) is 11.6. The second-order valence-electron chi connectivity index (χ2n) is 7.83. The summed E-state index contributed by atoms with van der Waals surface area (Å²) >= 11 is 0. The smallest absolute Gasteiger partial charge is 0.243 e. The van der Waals surface area contributed by atoms with Crippen molar-refractivity contribution in [2.45, 2.75) is 49.2 Å². The molecule has 2 heterocycles. The topological polar surface area (TPSA) is 101 Å². The van der Waals surface area contributed by atoms with E-state index < -0.39 is 10.0 Å². The van der Waals surface area contributed by atoms with Crippen molar-refractivity contribution >= 4 is 26.7 Å². The Morgan fingerprint density at radius 3 is 2.53 bits per heavy atom. The number of nitrogen functional groups attached to an aromatic ring is 1. The highest BCUT2D eigenvalue weighted by Crippen LogP contribution is 2.27. The third-order valence-electron chi connectivity index (χ3n) is 5.86. The fraction of sp³-hybridized carbons (Fsp3) is 0.364. The van der Waals surface area contributed by atoms with Gasteiger partial charge >= 0.3 is 0 Å². The number of hydrogen-bond donors (Lipinski definition) is 2. The average molecular weight is 426 g/mol. The van der Waals surface area contributed by atoms with E-state index in [4.69, 9.17) is 5.73 Å². The number of anilines is 1. The second-order valence-corrected chi connectivity index (χ2v) is 9.83. The number of nitrogens with two attached hydrogens (primary N) is 1. The molecule has 0 bridgehead atoms. The third-order valence-corrected chi connectivity index (χ3v) is 7.79. The van der Waals surface area contributed by atoms with Crippen LogP contribution in [0.5, 0.6) is 0 Å². The second kappa shape index (κ2) is 8.67. The lowest BCUT2D eigenvalue weighted by Gasteiger charge is -2.34. The van der Waals surface area contributed by atoms with Crippen molar-refractivity contribution in [3.05, 3.63) is 60.4 Å². The molecule has 2 aromatic heterocycles. The molecule has 8 heteroatoms. The zero-order chi connectivity index (χ0) is 21.1. The van der Waals surface area contributed by atoms with E-state index in [2.05, 4.69) is 15.3 Å². The van der Waals surface area contributed by atoms with Gasteiger partial charge in [-0.05, 0) is 74.2 Å². The van der Waals surface area contributed by atoms with Gasteiger partial charge in [-0.2, -0.15) is 4.31 Å². The van der Waals surface area contributed by atoms with Crippen LogP contribution >= 0.6 is 0 Å². The van der Waals surface area contributed by atoms with E-state index in [1.54, 1.807) is 37.5 Å². The number of pyridine rings is 2. The number of hydrogen-bond acceptors (Lipinski definition) is 6. The highest BCUT2D eigenvalue weighted by atomic mass is 32.2. The van der Waals surface area contributed by atoms with Gasteiger partial charge in [-0.1, -0.05) is 0 Å². The molecule has 0 spiro atoms. The molecule has 1 aliphatic carbocycles. The Morgan fingerprint density at radius 1 is 1.07 bits per heavy atom. The number of sulfonamides is 1. The summed E-state index contributed by atoms with van der Waals surface area (Å²) in [7, 11) is -1.83. The van der Waals surface area contributed by atoms with Gasteiger partial charge in [0.15, 0.2) is 5.65 Å².